The molecular weight excluding hydrogens is 294 g/mol. The molecule has 3 aromatic rings. The summed E-state index contributed by atoms with van der Waals surface area (Å²) in [5.41, 5.74) is 1.18. The number of nitrogens with zero attached hydrogens (tertiary/aromatic N) is 2. The minimum absolute atomic E-state index is 0.0116. The van der Waals surface area contributed by atoms with Crippen molar-refractivity contribution < 1.29 is 5.11 Å². The van der Waals surface area contributed by atoms with Crippen LogP contribution in [0.2, 0.25) is 0 Å². The van der Waals surface area contributed by atoms with E-state index in [1.807, 2.05) is 32.0 Å². The molecule has 0 spiro atoms. The van der Waals surface area contributed by atoms with E-state index in [9.17, 15) is 5.11 Å². The molecule has 2 N–H and O–H groups in total. The molecule has 114 valence electrons. The number of aliphatic hydroxyl groups excluding tert-OH is 1. The van der Waals surface area contributed by atoms with Crippen LogP contribution in [0.15, 0.2) is 36.4 Å². The summed E-state index contributed by atoms with van der Waals surface area (Å²) in [7, 11) is 0. The van der Waals surface area contributed by atoms with Crippen LogP contribution in [0.3, 0.4) is 0 Å². The molecule has 0 aliphatic carbocycles. The van der Waals surface area contributed by atoms with Gasteiger partial charge in [0.15, 0.2) is 0 Å². The lowest BCUT2D eigenvalue weighted by Crippen LogP contribution is -2.23. The van der Waals surface area contributed by atoms with Crippen LogP contribution in [0, 0.1) is 6.92 Å². The maximum Gasteiger partial charge on any atom is 0.138 e. The molecule has 0 aliphatic rings. The predicted molar refractivity (Wildman–Crippen MR) is 92.4 cm³/mol. The van der Waals surface area contributed by atoms with Gasteiger partial charge in [-0.3, -0.25) is 0 Å². The van der Waals surface area contributed by atoms with Crippen LogP contribution >= 0.6 is 11.3 Å². The van der Waals surface area contributed by atoms with E-state index < -0.39 is 0 Å². The number of thiophene rings is 1. The molecular formula is C17H19N3OS. The van der Waals surface area contributed by atoms with Crippen LogP contribution in [0.25, 0.3) is 20.7 Å². The highest BCUT2D eigenvalue weighted by Gasteiger charge is 2.14. The van der Waals surface area contributed by atoms with Gasteiger partial charge in [-0.2, -0.15) is 0 Å². The Morgan fingerprint density at radius 1 is 1.23 bits per heavy atom. The van der Waals surface area contributed by atoms with Crippen molar-refractivity contribution in [3.63, 3.8) is 0 Å². The Morgan fingerprint density at radius 3 is 2.68 bits per heavy atom. The minimum atomic E-state index is 0.0116. The van der Waals surface area contributed by atoms with E-state index in [1.54, 1.807) is 11.3 Å². The molecule has 2 heterocycles. The van der Waals surface area contributed by atoms with Crippen LogP contribution in [0.4, 0.5) is 5.82 Å². The maximum absolute atomic E-state index is 9.41. The molecule has 0 amide bonds. The second kappa shape index (κ2) is 6.42. The quantitative estimate of drug-likeness (QED) is 0.751. The fourth-order valence-corrected chi connectivity index (χ4v) is 3.44. The molecule has 5 heteroatoms. The van der Waals surface area contributed by atoms with Gasteiger partial charge in [0.2, 0.25) is 0 Å². The molecule has 1 unspecified atom stereocenters. The van der Waals surface area contributed by atoms with Crippen molar-refractivity contribution >= 4 is 27.4 Å². The lowest BCUT2D eigenvalue weighted by molar-refractivity contribution is 0.271. The van der Waals surface area contributed by atoms with E-state index in [4.69, 9.17) is 0 Å². The average molecular weight is 313 g/mol. The van der Waals surface area contributed by atoms with Crippen LogP contribution < -0.4 is 5.32 Å². The molecule has 1 aromatic carbocycles. The highest BCUT2D eigenvalue weighted by atomic mass is 32.1. The van der Waals surface area contributed by atoms with E-state index in [-0.39, 0.29) is 12.6 Å². The molecule has 0 radical (unpaired) electrons. The molecule has 22 heavy (non-hydrogen) atoms. The highest BCUT2D eigenvalue weighted by molar-refractivity contribution is 7.21. The molecule has 1 atom stereocenters. The van der Waals surface area contributed by atoms with Crippen molar-refractivity contribution in [2.24, 2.45) is 0 Å². The third-order valence-corrected chi connectivity index (χ3v) is 4.69. The summed E-state index contributed by atoms with van der Waals surface area (Å²) in [5, 5.41) is 13.8. The van der Waals surface area contributed by atoms with Crippen molar-refractivity contribution in [2.75, 3.05) is 11.9 Å². The highest BCUT2D eigenvalue weighted by Crippen LogP contribution is 2.35. The van der Waals surface area contributed by atoms with Gasteiger partial charge in [-0.25, -0.2) is 9.97 Å². The van der Waals surface area contributed by atoms with Crippen LogP contribution in [-0.2, 0) is 0 Å². The lowest BCUT2D eigenvalue weighted by atomic mass is 10.2. The largest absolute Gasteiger partial charge is 0.394 e. The Hall–Kier alpha value is -1.98. The van der Waals surface area contributed by atoms with Crippen LogP contribution in [-0.4, -0.2) is 27.7 Å². The van der Waals surface area contributed by atoms with Gasteiger partial charge in [0.1, 0.15) is 16.5 Å². The average Bonchev–Trinajstić information content (AvgIpc) is 2.97. The summed E-state index contributed by atoms with van der Waals surface area (Å²) in [6.45, 7) is 4.03. The lowest BCUT2D eigenvalue weighted by Gasteiger charge is -2.15. The van der Waals surface area contributed by atoms with Crippen molar-refractivity contribution in [2.45, 2.75) is 26.3 Å². The first kappa shape index (κ1) is 14.9. The van der Waals surface area contributed by atoms with Gasteiger partial charge < -0.3 is 10.4 Å². The topological polar surface area (TPSA) is 58.0 Å². The maximum atomic E-state index is 9.41. The molecule has 2 aromatic heterocycles. The molecule has 0 bridgehead atoms. The first-order valence-electron chi connectivity index (χ1n) is 7.42. The zero-order valence-electron chi connectivity index (χ0n) is 12.7. The summed E-state index contributed by atoms with van der Waals surface area (Å²) < 4.78 is 0. The Bertz CT molecular complexity index is 766. The van der Waals surface area contributed by atoms with E-state index in [1.165, 1.54) is 10.4 Å². The number of rotatable bonds is 5. The summed E-state index contributed by atoms with van der Waals surface area (Å²) >= 11 is 1.67. The van der Waals surface area contributed by atoms with Gasteiger partial charge in [0.25, 0.3) is 0 Å². The standard InChI is InChI=1S/C17H19N3OS/c1-3-13(10-21)20-16-14-9-15(12-7-5-4-6-8-12)22-17(14)19-11(2)18-16/h4-9,13,21H,3,10H2,1-2H3,(H,18,19,20). The smallest absolute Gasteiger partial charge is 0.138 e. The van der Waals surface area contributed by atoms with Crippen molar-refractivity contribution in [1.82, 2.24) is 9.97 Å². The number of fused-ring (bicyclic) bond motifs is 1. The first-order chi connectivity index (χ1) is 10.7. The number of aromatic nitrogens is 2. The van der Waals surface area contributed by atoms with Gasteiger partial charge in [0.05, 0.1) is 18.0 Å². The minimum Gasteiger partial charge on any atom is -0.394 e. The van der Waals surface area contributed by atoms with Crippen LogP contribution in [0.1, 0.15) is 19.2 Å². The molecule has 4 nitrogen and oxygen atoms in total. The molecule has 3 rings (SSSR count). The number of aryl methyl sites for hydroxylation is 1. The summed E-state index contributed by atoms with van der Waals surface area (Å²) in [4.78, 5) is 11.2. The van der Waals surface area contributed by atoms with Crippen molar-refractivity contribution in [3.05, 3.63) is 42.2 Å². The van der Waals surface area contributed by atoms with Crippen molar-refractivity contribution in [1.29, 1.82) is 0 Å². The third-order valence-electron chi connectivity index (χ3n) is 3.62. The van der Waals surface area contributed by atoms with E-state index >= 15 is 0 Å². The van der Waals surface area contributed by atoms with Crippen LogP contribution in [0.5, 0.6) is 0 Å². The second-order valence-electron chi connectivity index (χ2n) is 5.25. The monoisotopic (exact) mass is 313 g/mol. The van der Waals surface area contributed by atoms with Gasteiger partial charge in [-0.15, -0.1) is 11.3 Å². The number of hydrogen-bond donors (Lipinski definition) is 2. The summed E-state index contributed by atoms with van der Waals surface area (Å²) in [5.74, 6) is 1.55. The Kier molecular flexibility index (Phi) is 4.36. The first-order valence-corrected chi connectivity index (χ1v) is 8.24. The molecule has 0 aliphatic heterocycles. The Morgan fingerprint density at radius 2 is 2.00 bits per heavy atom. The van der Waals surface area contributed by atoms with Gasteiger partial charge in [-0.05, 0) is 25.0 Å². The third kappa shape index (κ3) is 2.96. The fourth-order valence-electron chi connectivity index (χ4n) is 2.35. The summed E-state index contributed by atoms with van der Waals surface area (Å²) in [6, 6.07) is 12.4. The van der Waals surface area contributed by atoms with E-state index in [0.29, 0.717) is 0 Å². The second-order valence-corrected chi connectivity index (χ2v) is 6.28. The van der Waals surface area contributed by atoms with Crippen molar-refractivity contribution in [3.8, 4) is 10.4 Å². The summed E-state index contributed by atoms with van der Waals surface area (Å²) in [6.07, 6.45) is 0.844. The fraction of sp³-hybridized carbons (Fsp3) is 0.294. The number of nitrogens with one attached hydrogen (secondary N) is 1. The normalized spacial score (nSPS) is 12.5. The SMILES string of the molecule is CCC(CO)Nc1nc(C)nc2sc(-c3ccccc3)cc12. The zero-order valence-corrected chi connectivity index (χ0v) is 13.5. The van der Waals surface area contributed by atoms with Gasteiger partial charge >= 0.3 is 0 Å². The predicted octanol–water partition coefficient (Wildman–Crippen LogP) is 3.85. The number of benzene rings is 1. The van der Waals surface area contributed by atoms with E-state index in [2.05, 4.69) is 33.5 Å². The number of hydrogen-bond acceptors (Lipinski definition) is 5. The van der Waals surface area contributed by atoms with Gasteiger partial charge in [-0.1, -0.05) is 37.3 Å². The number of aliphatic hydroxyl groups is 1. The number of anilines is 1. The molecule has 0 saturated carbocycles. The van der Waals surface area contributed by atoms with E-state index in [0.717, 1.165) is 28.3 Å². The molecule has 0 saturated heterocycles. The Balaban J connectivity index is 2.07. The molecule has 0 fully saturated rings. The Labute approximate surface area is 133 Å². The van der Waals surface area contributed by atoms with Gasteiger partial charge in [0, 0.05) is 4.88 Å². The zero-order chi connectivity index (χ0) is 15.5.